The first-order chi connectivity index (χ1) is 12.4. The van der Waals surface area contributed by atoms with Gasteiger partial charge in [0.1, 0.15) is 5.01 Å². The third-order valence-electron chi connectivity index (χ3n) is 3.50. The summed E-state index contributed by atoms with van der Waals surface area (Å²) in [5.41, 5.74) is 0.561. The molecule has 0 atom stereocenters. The SMILES string of the molecule is O=C(NCc1nc(-c2ccccc2)cs1)Nc1ccccc1C(F)(F)F. The minimum Gasteiger partial charge on any atom is -0.331 e. The number of carbonyl (C=O) groups is 1. The standard InChI is InChI=1S/C18H14F3N3OS/c19-18(20,21)13-8-4-5-9-14(13)24-17(25)22-10-16-23-15(11-26-16)12-6-2-1-3-7-12/h1-9,11H,10H2,(H2,22,24,25). The molecule has 0 aliphatic carbocycles. The van der Waals surface area contributed by atoms with E-state index in [1.807, 2.05) is 35.7 Å². The van der Waals surface area contributed by atoms with Gasteiger partial charge < -0.3 is 10.6 Å². The van der Waals surface area contributed by atoms with Crippen molar-refractivity contribution in [2.75, 3.05) is 5.32 Å². The Morgan fingerprint density at radius 1 is 1.04 bits per heavy atom. The number of amides is 2. The molecule has 1 aromatic heterocycles. The zero-order chi connectivity index (χ0) is 18.6. The van der Waals surface area contributed by atoms with Crippen LogP contribution in [0.4, 0.5) is 23.7 Å². The molecule has 134 valence electrons. The van der Waals surface area contributed by atoms with Gasteiger partial charge in [0.25, 0.3) is 0 Å². The van der Waals surface area contributed by atoms with Crippen molar-refractivity contribution in [3.8, 4) is 11.3 Å². The van der Waals surface area contributed by atoms with Crippen LogP contribution in [0.1, 0.15) is 10.6 Å². The summed E-state index contributed by atoms with van der Waals surface area (Å²) in [6.07, 6.45) is -4.54. The number of para-hydroxylation sites is 1. The molecule has 2 N–H and O–H groups in total. The number of hydrogen-bond donors (Lipinski definition) is 2. The van der Waals surface area contributed by atoms with E-state index in [0.29, 0.717) is 5.01 Å². The lowest BCUT2D eigenvalue weighted by Gasteiger charge is -2.13. The van der Waals surface area contributed by atoms with Crippen LogP contribution in [0, 0.1) is 0 Å². The molecule has 8 heteroatoms. The third-order valence-corrected chi connectivity index (χ3v) is 4.35. The van der Waals surface area contributed by atoms with Crippen LogP contribution in [-0.2, 0) is 12.7 Å². The maximum atomic E-state index is 12.9. The molecular weight excluding hydrogens is 363 g/mol. The van der Waals surface area contributed by atoms with Gasteiger partial charge in [-0.2, -0.15) is 13.2 Å². The first kappa shape index (κ1) is 17.9. The highest BCUT2D eigenvalue weighted by atomic mass is 32.1. The van der Waals surface area contributed by atoms with Gasteiger partial charge in [-0.1, -0.05) is 42.5 Å². The number of benzene rings is 2. The molecule has 0 bridgehead atoms. The minimum atomic E-state index is -4.54. The van der Waals surface area contributed by atoms with E-state index in [4.69, 9.17) is 0 Å². The number of rotatable bonds is 4. The molecule has 0 saturated heterocycles. The highest BCUT2D eigenvalue weighted by Crippen LogP contribution is 2.34. The van der Waals surface area contributed by atoms with Gasteiger partial charge in [0.05, 0.1) is 23.5 Å². The monoisotopic (exact) mass is 377 g/mol. The highest BCUT2D eigenvalue weighted by molar-refractivity contribution is 7.09. The minimum absolute atomic E-state index is 0.123. The number of anilines is 1. The van der Waals surface area contributed by atoms with Gasteiger partial charge in [-0.25, -0.2) is 9.78 Å². The van der Waals surface area contributed by atoms with Crippen LogP contribution in [0.15, 0.2) is 60.0 Å². The molecule has 2 amide bonds. The molecule has 3 rings (SSSR count). The van der Waals surface area contributed by atoms with Crippen LogP contribution >= 0.6 is 11.3 Å². The van der Waals surface area contributed by atoms with Crippen molar-refractivity contribution in [1.29, 1.82) is 0 Å². The van der Waals surface area contributed by atoms with Crippen molar-refractivity contribution < 1.29 is 18.0 Å². The average Bonchev–Trinajstić information content (AvgIpc) is 3.09. The Morgan fingerprint density at radius 2 is 1.73 bits per heavy atom. The van der Waals surface area contributed by atoms with Crippen molar-refractivity contribution >= 4 is 23.1 Å². The van der Waals surface area contributed by atoms with E-state index in [2.05, 4.69) is 15.6 Å². The second kappa shape index (κ2) is 7.57. The van der Waals surface area contributed by atoms with Gasteiger partial charge in [0.15, 0.2) is 0 Å². The number of hydrogen-bond acceptors (Lipinski definition) is 3. The number of thiazole rings is 1. The van der Waals surface area contributed by atoms with Crippen molar-refractivity contribution in [3.05, 3.63) is 70.5 Å². The van der Waals surface area contributed by atoms with Crippen molar-refractivity contribution in [1.82, 2.24) is 10.3 Å². The smallest absolute Gasteiger partial charge is 0.331 e. The van der Waals surface area contributed by atoms with Crippen LogP contribution in [-0.4, -0.2) is 11.0 Å². The zero-order valence-electron chi connectivity index (χ0n) is 13.4. The first-order valence-electron chi connectivity index (χ1n) is 7.64. The van der Waals surface area contributed by atoms with E-state index < -0.39 is 17.8 Å². The predicted octanol–water partition coefficient (Wildman–Crippen LogP) is 5.15. The molecule has 0 saturated carbocycles. The lowest BCUT2D eigenvalue weighted by Crippen LogP contribution is -2.29. The number of aromatic nitrogens is 1. The van der Waals surface area contributed by atoms with E-state index in [9.17, 15) is 18.0 Å². The van der Waals surface area contributed by atoms with E-state index in [-0.39, 0.29) is 12.2 Å². The zero-order valence-corrected chi connectivity index (χ0v) is 14.2. The van der Waals surface area contributed by atoms with Crippen LogP contribution in [0.5, 0.6) is 0 Å². The largest absolute Gasteiger partial charge is 0.418 e. The van der Waals surface area contributed by atoms with Crippen molar-refractivity contribution in [2.24, 2.45) is 0 Å². The topological polar surface area (TPSA) is 54.0 Å². The second-order valence-corrected chi connectivity index (χ2v) is 6.29. The summed E-state index contributed by atoms with van der Waals surface area (Å²) in [6.45, 7) is 0.123. The average molecular weight is 377 g/mol. The van der Waals surface area contributed by atoms with E-state index >= 15 is 0 Å². The van der Waals surface area contributed by atoms with Gasteiger partial charge in [-0.3, -0.25) is 0 Å². The normalized spacial score (nSPS) is 11.2. The maximum Gasteiger partial charge on any atom is 0.418 e. The number of carbonyl (C=O) groups excluding carboxylic acids is 1. The van der Waals surface area contributed by atoms with E-state index in [1.54, 1.807) is 0 Å². The van der Waals surface area contributed by atoms with Gasteiger partial charge in [-0.15, -0.1) is 11.3 Å². The first-order valence-corrected chi connectivity index (χ1v) is 8.52. The highest BCUT2D eigenvalue weighted by Gasteiger charge is 2.33. The Labute approximate surface area is 151 Å². The van der Waals surface area contributed by atoms with Crippen molar-refractivity contribution in [2.45, 2.75) is 12.7 Å². The molecule has 0 aliphatic heterocycles. The summed E-state index contributed by atoms with van der Waals surface area (Å²) in [6, 6.07) is 13.7. The maximum absolute atomic E-state index is 12.9. The summed E-state index contributed by atoms with van der Waals surface area (Å²) in [4.78, 5) is 16.3. The van der Waals surface area contributed by atoms with Gasteiger partial charge in [-0.05, 0) is 12.1 Å². The lowest BCUT2D eigenvalue weighted by atomic mass is 10.1. The summed E-state index contributed by atoms with van der Waals surface area (Å²) < 4.78 is 38.8. The molecule has 0 fully saturated rings. The van der Waals surface area contributed by atoms with Gasteiger partial charge in [0.2, 0.25) is 0 Å². The Kier molecular flexibility index (Phi) is 5.22. The third kappa shape index (κ3) is 4.40. The molecule has 1 heterocycles. The number of urea groups is 1. The molecule has 26 heavy (non-hydrogen) atoms. The molecule has 4 nitrogen and oxygen atoms in total. The Balaban J connectivity index is 1.61. The molecule has 0 spiro atoms. The molecule has 3 aromatic rings. The molecule has 0 radical (unpaired) electrons. The van der Waals surface area contributed by atoms with E-state index in [0.717, 1.165) is 17.3 Å². The Bertz CT molecular complexity index is 894. The fourth-order valence-electron chi connectivity index (χ4n) is 2.30. The number of alkyl halides is 3. The van der Waals surface area contributed by atoms with Crippen LogP contribution in [0.3, 0.4) is 0 Å². The number of nitrogens with one attached hydrogen (secondary N) is 2. The molecule has 0 aliphatic rings. The van der Waals surface area contributed by atoms with E-state index in [1.165, 1.54) is 29.5 Å². The quantitative estimate of drug-likeness (QED) is 0.661. The molecular formula is C18H14F3N3OS. The fourth-order valence-corrected chi connectivity index (χ4v) is 3.04. The summed E-state index contributed by atoms with van der Waals surface area (Å²) in [5.74, 6) is 0. The predicted molar refractivity (Wildman–Crippen MR) is 94.9 cm³/mol. The Hall–Kier alpha value is -2.87. The number of nitrogens with zero attached hydrogens (tertiary/aromatic N) is 1. The van der Waals surface area contributed by atoms with Crippen LogP contribution in [0.2, 0.25) is 0 Å². The number of halogens is 3. The van der Waals surface area contributed by atoms with Gasteiger partial charge >= 0.3 is 12.2 Å². The van der Waals surface area contributed by atoms with Crippen LogP contribution < -0.4 is 10.6 Å². The van der Waals surface area contributed by atoms with Crippen molar-refractivity contribution in [3.63, 3.8) is 0 Å². The Morgan fingerprint density at radius 3 is 2.46 bits per heavy atom. The fraction of sp³-hybridized carbons (Fsp3) is 0.111. The van der Waals surface area contributed by atoms with Gasteiger partial charge in [0, 0.05) is 10.9 Å². The summed E-state index contributed by atoms with van der Waals surface area (Å²) in [5, 5.41) is 7.27. The lowest BCUT2D eigenvalue weighted by molar-refractivity contribution is -0.136. The molecule has 0 unspecified atom stereocenters. The second-order valence-electron chi connectivity index (χ2n) is 5.34. The summed E-state index contributed by atoms with van der Waals surface area (Å²) >= 11 is 1.37. The molecule has 2 aromatic carbocycles. The van der Waals surface area contributed by atoms with Crippen LogP contribution in [0.25, 0.3) is 11.3 Å². The summed E-state index contributed by atoms with van der Waals surface area (Å²) in [7, 11) is 0.